The standard InChI is InChI=1S/C26H20O4/c27-20(16-15-18-9-3-1-4-10-18)17-22(19-11-5-2-6-12-19)24-25(28)21-13-7-8-14-23(21)30-26(24)29/h1-16,22,28H,17H2/b16-15+. The number of hydrogen-bond acceptors (Lipinski definition) is 4. The van der Waals surface area contributed by atoms with E-state index in [1.807, 2.05) is 60.7 Å². The second-order valence-corrected chi connectivity index (χ2v) is 7.03. The van der Waals surface area contributed by atoms with E-state index >= 15 is 0 Å². The highest BCUT2D eigenvalue weighted by atomic mass is 16.4. The van der Waals surface area contributed by atoms with Crippen LogP contribution in [-0.2, 0) is 4.79 Å². The Hall–Kier alpha value is -3.92. The van der Waals surface area contributed by atoms with E-state index in [4.69, 9.17) is 4.42 Å². The number of aromatic hydroxyl groups is 1. The van der Waals surface area contributed by atoms with Crippen molar-refractivity contribution >= 4 is 22.8 Å². The van der Waals surface area contributed by atoms with Crippen LogP contribution in [0.3, 0.4) is 0 Å². The lowest BCUT2D eigenvalue weighted by Crippen LogP contribution is -2.16. The fourth-order valence-corrected chi connectivity index (χ4v) is 3.55. The Balaban J connectivity index is 1.75. The molecule has 1 aromatic heterocycles. The smallest absolute Gasteiger partial charge is 0.343 e. The van der Waals surface area contributed by atoms with Crippen molar-refractivity contribution in [3.63, 3.8) is 0 Å². The second-order valence-electron chi connectivity index (χ2n) is 7.03. The topological polar surface area (TPSA) is 67.5 Å². The predicted molar refractivity (Wildman–Crippen MR) is 118 cm³/mol. The van der Waals surface area contributed by atoms with Gasteiger partial charge in [-0.25, -0.2) is 4.79 Å². The van der Waals surface area contributed by atoms with E-state index in [0.29, 0.717) is 11.0 Å². The van der Waals surface area contributed by atoms with Gasteiger partial charge in [0, 0.05) is 12.3 Å². The zero-order valence-corrected chi connectivity index (χ0v) is 16.2. The van der Waals surface area contributed by atoms with Crippen LogP contribution in [-0.4, -0.2) is 10.9 Å². The minimum Gasteiger partial charge on any atom is -0.507 e. The maximum atomic E-state index is 12.8. The Labute approximate surface area is 173 Å². The first-order chi connectivity index (χ1) is 14.6. The molecule has 0 saturated heterocycles. The first kappa shape index (κ1) is 19.4. The van der Waals surface area contributed by atoms with Crippen LogP contribution in [0.15, 0.2) is 100 Å². The summed E-state index contributed by atoms with van der Waals surface area (Å²) in [7, 11) is 0. The van der Waals surface area contributed by atoms with E-state index in [-0.39, 0.29) is 23.5 Å². The number of allylic oxidation sites excluding steroid dienone is 1. The van der Waals surface area contributed by atoms with Gasteiger partial charge in [-0.2, -0.15) is 0 Å². The van der Waals surface area contributed by atoms with Crippen LogP contribution in [0.4, 0.5) is 0 Å². The maximum Gasteiger partial charge on any atom is 0.343 e. The molecule has 0 aliphatic heterocycles. The van der Waals surface area contributed by atoms with Crippen molar-refractivity contribution < 1.29 is 14.3 Å². The number of para-hydroxylation sites is 1. The average molecular weight is 396 g/mol. The highest BCUT2D eigenvalue weighted by Crippen LogP contribution is 2.36. The quantitative estimate of drug-likeness (QED) is 0.355. The van der Waals surface area contributed by atoms with E-state index in [2.05, 4.69) is 0 Å². The molecule has 148 valence electrons. The van der Waals surface area contributed by atoms with E-state index in [0.717, 1.165) is 11.1 Å². The van der Waals surface area contributed by atoms with Crippen molar-refractivity contribution in [2.24, 2.45) is 0 Å². The van der Waals surface area contributed by atoms with Crippen LogP contribution in [0, 0.1) is 0 Å². The molecular formula is C26H20O4. The van der Waals surface area contributed by atoms with Gasteiger partial charge < -0.3 is 9.52 Å². The minimum atomic E-state index is -0.639. The molecule has 0 spiro atoms. The Kier molecular flexibility index (Phi) is 5.57. The molecule has 0 fully saturated rings. The molecule has 4 rings (SSSR count). The van der Waals surface area contributed by atoms with Gasteiger partial charge in [0.1, 0.15) is 11.3 Å². The molecule has 0 saturated carbocycles. The summed E-state index contributed by atoms with van der Waals surface area (Å²) < 4.78 is 5.44. The Morgan fingerprint density at radius 1 is 0.900 bits per heavy atom. The molecule has 1 heterocycles. The molecule has 30 heavy (non-hydrogen) atoms. The molecule has 0 bridgehead atoms. The Bertz CT molecular complexity index is 1250. The Morgan fingerprint density at radius 3 is 2.27 bits per heavy atom. The highest BCUT2D eigenvalue weighted by molar-refractivity contribution is 5.94. The molecule has 4 heteroatoms. The summed E-state index contributed by atoms with van der Waals surface area (Å²) in [6.07, 6.45) is 3.28. The van der Waals surface area contributed by atoms with E-state index in [1.54, 1.807) is 30.3 Å². The summed E-state index contributed by atoms with van der Waals surface area (Å²) in [4.78, 5) is 25.5. The summed E-state index contributed by atoms with van der Waals surface area (Å²) in [6, 6.07) is 25.6. The summed E-state index contributed by atoms with van der Waals surface area (Å²) in [5, 5.41) is 11.3. The lowest BCUT2D eigenvalue weighted by Gasteiger charge is -2.17. The zero-order chi connectivity index (χ0) is 20.9. The lowest BCUT2D eigenvalue weighted by molar-refractivity contribution is -0.114. The highest BCUT2D eigenvalue weighted by Gasteiger charge is 2.26. The molecule has 0 radical (unpaired) electrons. The van der Waals surface area contributed by atoms with Gasteiger partial charge in [0.25, 0.3) is 0 Å². The lowest BCUT2D eigenvalue weighted by atomic mass is 9.86. The molecule has 3 aromatic carbocycles. The van der Waals surface area contributed by atoms with Crippen molar-refractivity contribution in [1.29, 1.82) is 0 Å². The van der Waals surface area contributed by atoms with Gasteiger partial charge in [-0.1, -0.05) is 78.9 Å². The molecule has 1 atom stereocenters. The average Bonchev–Trinajstić information content (AvgIpc) is 2.78. The molecule has 0 aliphatic rings. The summed E-state index contributed by atoms with van der Waals surface area (Å²) >= 11 is 0. The zero-order valence-electron chi connectivity index (χ0n) is 16.2. The third-order valence-electron chi connectivity index (χ3n) is 5.04. The number of ketones is 1. The maximum absolute atomic E-state index is 12.8. The number of carbonyl (C=O) groups excluding carboxylic acids is 1. The fourth-order valence-electron chi connectivity index (χ4n) is 3.55. The van der Waals surface area contributed by atoms with Crippen LogP contribution < -0.4 is 5.63 Å². The monoisotopic (exact) mass is 396 g/mol. The number of hydrogen-bond donors (Lipinski definition) is 1. The molecule has 4 nitrogen and oxygen atoms in total. The number of benzene rings is 3. The van der Waals surface area contributed by atoms with Gasteiger partial charge in [-0.05, 0) is 29.3 Å². The van der Waals surface area contributed by atoms with Crippen LogP contribution in [0.1, 0.15) is 29.0 Å². The SMILES string of the molecule is O=C(/C=C/c1ccccc1)CC(c1ccccc1)c1c(O)c2ccccc2oc1=O. The molecule has 1 N–H and O–H groups in total. The largest absolute Gasteiger partial charge is 0.507 e. The van der Waals surface area contributed by atoms with E-state index < -0.39 is 11.5 Å². The number of rotatable bonds is 6. The molecular weight excluding hydrogens is 376 g/mol. The summed E-state index contributed by atoms with van der Waals surface area (Å²) in [5.74, 6) is -0.921. The van der Waals surface area contributed by atoms with Crippen molar-refractivity contribution in [2.45, 2.75) is 12.3 Å². The van der Waals surface area contributed by atoms with Crippen LogP contribution in [0.5, 0.6) is 5.75 Å². The molecule has 0 aliphatic carbocycles. The minimum absolute atomic E-state index is 0.0318. The number of fused-ring (bicyclic) bond motifs is 1. The van der Waals surface area contributed by atoms with Crippen LogP contribution >= 0.6 is 0 Å². The van der Waals surface area contributed by atoms with Crippen molar-refractivity contribution in [3.05, 3.63) is 118 Å². The first-order valence-electron chi connectivity index (χ1n) is 9.69. The van der Waals surface area contributed by atoms with E-state index in [9.17, 15) is 14.7 Å². The molecule has 1 unspecified atom stereocenters. The Morgan fingerprint density at radius 2 is 1.53 bits per heavy atom. The number of carbonyl (C=O) groups is 1. The second kappa shape index (κ2) is 8.62. The third kappa shape index (κ3) is 4.08. The van der Waals surface area contributed by atoms with Gasteiger partial charge in [0.15, 0.2) is 5.78 Å². The van der Waals surface area contributed by atoms with Crippen molar-refractivity contribution in [3.8, 4) is 5.75 Å². The van der Waals surface area contributed by atoms with Gasteiger partial charge >= 0.3 is 5.63 Å². The third-order valence-corrected chi connectivity index (χ3v) is 5.04. The summed E-state index contributed by atoms with van der Waals surface area (Å²) in [5.41, 5.74) is 1.44. The van der Waals surface area contributed by atoms with Crippen molar-refractivity contribution in [2.75, 3.05) is 0 Å². The normalized spacial score (nSPS) is 12.3. The van der Waals surface area contributed by atoms with Gasteiger partial charge in [0.05, 0.1) is 10.9 Å². The van der Waals surface area contributed by atoms with Gasteiger partial charge in [-0.3, -0.25) is 4.79 Å². The van der Waals surface area contributed by atoms with Gasteiger partial charge in [0.2, 0.25) is 0 Å². The van der Waals surface area contributed by atoms with Crippen LogP contribution in [0.25, 0.3) is 17.0 Å². The molecule has 0 amide bonds. The fraction of sp³-hybridized carbons (Fsp3) is 0.0769. The predicted octanol–water partition coefficient (Wildman–Crippen LogP) is 5.30. The summed E-state index contributed by atoms with van der Waals surface area (Å²) in [6.45, 7) is 0. The van der Waals surface area contributed by atoms with Crippen LogP contribution in [0.2, 0.25) is 0 Å². The van der Waals surface area contributed by atoms with E-state index in [1.165, 1.54) is 6.08 Å². The van der Waals surface area contributed by atoms with Crippen molar-refractivity contribution in [1.82, 2.24) is 0 Å². The van der Waals surface area contributed by atoms with Gasteiger partial charge in [-0.15, -0.1) is 0 Å². The molecule has 4 aromatic rings. The first-order valence-corrected chi connectivity index (χ1v) is 9.69.